The standard InChI is InChI=1S/C21H25ClN2O4S/c1-15-3-9-20(10-4-15)29(26,27)24-13-11-18(12-14-24)23-21(25)16(2)28-19-7-5-17(22)6-8-19/h3-10,16,18H,11-14H2,1-2H3,(H,23,25)/t16-/m1/s1. The molecule has 1 amide bonds. The first-order valence-electron chi connectivity index (χ1n) is 9.55. The predicted molar refractivity (Wildman–Crippen MR) is 113 cm³/mol. The Morgan fingerprint density at radius 1 is 1.10 bits per heavy atom. The topological polar surface area (TPSA) is 75.7 Å². The van der Waals surface area contributed by atoms with Gasteiger partial charge in [0.05, 0.1) is 4.90 Å². The summed E-state index contributed by atoms with van der Waals surface area (Å²) < 4.78 is 32.7. The van der Waals surface area contributed by atoms with E-state index in [4.69, 9.17) is 16.3 Å². The van der Waals surface area contributed by atoms with Gasteiger partial charge in [-0.15, -0.1) is 0 Å². The zero-order valence-electron chi connectivity index (χ0n) is 16.5. The van der Waals surface area contributed by atoms with E-state index in [1.54, 1.807) is 55.5 Å². The van der Waals surface area contributed by atoms with Crippen LogP contribution in [0.5, 0.6) is 5.75 Å². The number of rotatable bonds is 6. The van der Waals surface area contributed by atoms with Crippen molar-refractivity contribution < 1.29 is 17.9 Å². The second kappa shape index (κ2) is 9.15. The van der Waals surface area contributed by atoms with Crippen LogP contribution in [-0.4, -0.2) is 43.9 Å². The molecule has 29 heavy (non-hydrogen) atoms. The third-order valence-electron chi connectivity index (χ3n) is 4.95. The van der Waals surface area contributed by atoms with Crippen molar-refractivity contribution in [2.75, 3.05) is 13.1 Å². The van der Waals surface area contributed by atoms with Crippen molar-refractivity contribution in [3.63, 3.8) is 0 Å². The van der Waals surface area contributed by atoms with Crippen LogP contribution in [0.3, 0.4) is 0 Å². The van der Waals surface area contributed by atoms with Crippen LogP contribution in [0.2, 0.25) is 5.02 Å². The molecular formula is C21H25ClN2O4S. The van der Waals surface area contributed by atoms with Crippen LogP contribution in [0.15, 0.2) is 53.4 Å². The summed E-state index contributed by atoms with van der Waals surface area (Å²) in [6, 6.07) is 13.6. The zero-order valence-corrected chi connectivity index (χ0v) is 18.0. The molecule has 0 bridgehead atoms. The number of nitrogens with zero attached hydrogens (tertiary/aromatic N) is 1. The van der Waals surface area contributed by atoms with E-state index in [0.29, 0.717) is 41.6 Å². The van der Waals surface area contributed by atoms with Gasteiger partial charge in [-0.25, -0.2) is 8.42 Å². The number of amides is 1. The molecule has 0 aliphatic carbocycles. The molecule has 3 rings (SSSR count). The summed E-state index contributed by atoms with van der Waals surface area (Å²) in [6.07, 6.45) is 0.458. The lowest BCUT2D eigenvalue weighted by atomic mass is 10.1. The van der Waals surface area contributed by atoms with Crippen LogP contribution in [0.25, 0.3) is 0 Å². The lowest BCUT2D eigenvalue weighted by Crippen LogP contribution is -2.49. The number of halogens is 1. The minimum absolute atomic E-state index is 0.0803. The van der Waals surface area contributed by atoms with Gasteiger partial charge in [0.15, 0.2) is 6.10 Å². The molecule has 8 heteroatoms. The SMILES string of the molecule is Cc1ccc(S(=O)(=O)N2CCC(NC(=O)[C@@H](C)Oc3ccc(Cl)cc3)CC2)cc1. The summed E-state index contributed by atoms with van der Waals surface area (Å²) in [5, 5.41) is 3.56. The number of ether oxygens (including phenoxy) is 1. The maximum atomic E-state index is 12.8. The highest BCUT2D eigenvalue weighted by molar-refractivity contribution is 7.89. The fourth-order valence-corrected chi connectivity index (χ4v) is 4.78. The normalized spacial score (nSPS) is 16.9. The van der Waals surface area contributed by atoms with Gasteiger partial charge in [-0.05, 0) is 63.1 Å². The Balaban J connectivity index is 1.51. The molecule has 2 aromatic rings. The summed E-state index contributed by atoms with van der Waals surface area (Å²) in [6.45, 7) is 4.34. The number of piperidine rings is 1. The van der Waals surface area contributed by atoms with Gasteiger partial charge in [-0.3, -0.25) is 4.79 Å². The van der Waals surface area contributed by atoms with Crippen molar-refractivity contribution in [1.29, 1.82) is 0 Å². The van der Waals surface area contributed by atoms with Gasteiger partial charge in [0, 0.05) is 24.2 Å². The van der Waals surface area contributed by atoms with E-state index in [1.165, 1.54) is 4.31 Å². The number of hydrogen-bond donors (Lipinski definition) is 1. The van der Waals surface area contributed by atoms with Gasteiger partial charge in [0.2, 0.25) is 10.0 Å². The molecule has 1 heterocycles. The zero-order chi connectivity index (χ0) is 21.0. The molecule has 2 aromatic carbocycles. The average Bonchev–Trinajstić information content (AvgIpc) is 2.70. The van der Waals surface area contributed by atoms with Gasteiger partial charge >= 0.3 is 0 Å². The second-order valence-corrected chi connectivity index (χ2v) is 9.59. The molecule has 1 atom stereocenters. The highest BCUT2D eigenvalue weighted by atomic mass is 35.5. The van der Waals surface area contributed by atoms with Crippen LogP contribution in [-0.2, 0) is 14.8 Å². The first-order chi connectivity index (χ1) is 13.8. The quantitative estimate of drug-likeness (QED) is 0.753. The molecule has 0 unspecified atom stereocenters. The molecule has 1 N–H and O–H groups in total. The fraction of sp³-hybridized carbons (Fsp3) is 0.381. The lowest BCUT2D eigenvalue weighted by molar-refractivity contribution is -0.128. The molecule has 0 aromatic heterocycles. The number of carbonyl (C=O) groups is 1. The highest BCUT2D eigenvalue weighted by Crippen LogP contribution is 2.22. The Kier molecular flexibility index (Phi) is 6.82. The van der Waals surface area contributed by atoms with Crippen molar-refractivity contribution in [3.8, 4) is 5.75 Å². The van der Waals surface area contributed by atoms with E-state index >= 15 is 0 Å². The number of nitrogens with one attached hydrogen (secondary N) is 1. The summed E-state index contributed by atoms with van der Waals surface area (Å²) in [4.78, 5) is 12.7. The van der Waals surface area contributed by atoms with Gasteiger partial charge in [0.1, 0.15) is 5.75 Å². The monoisotopic (exact) mass is 436 g/mol. The second-order valence-electron chi connectivity index (χ2n) is 7.21. The molecule has 0 radical (unpaired) electrons. The minimum atomic E-state index is -3.51. The first kappa shape index (κ1) is 21.6. The Hall–Kier alpha value is -2.09. The minimum Gasteiger partial charge on any atom is -0.481 e. The molecule has 1 aliphatic rings. The fourth-order valence-electron chi connectivity index (χ4n) is 3.19. The molecule has 156 valence electrons. The number of carbonyl (C=O) groups excluding carboxylic acids is 1. The highest BCUT2D eigenvalue weighted by Gasteiger charge is 2.30. The maximum absolute atomic E-state index is 12.8. The van der Waals surface area contributed by atoms with Crippen LogP contribution in [0, 0.1) is 6.92 Å². The predicted octanol–water partition coefficient (Wildman–Crippen LogP) is 3.39. The van der Waals surface area contributed by atoms with Crippen LogP contribution >= 0.6 is 11.6 Å². The van der Waals surface area contributed by atoms with Crippen molar-refractivity contribution in [1.82, 2.24) is 9.62 Å². The van der Waals surface area contributed by atoms with Crippen molar-refractivity contribution >= 4 is 27.5 Å². The van der Waals surface area contributed by atoms with Crippen LogP contribution in [0.1, 0.15) is 25.3 Å². The number of aryl methyl sites for hydroxylation is 1. The van der Waals surface area contributed by atoms with Crippen molar-refractivity contribution in [2.24, 2.45) is 0 Å². The van der Waals surface area contributed by atoms with Gasteiger partial charge in [-0.2, -0.15) is 4.31 Å². The number of hydrogen-bond acceptors (Lipinski definition) is 4. The van der Waals surface area contributed by atoms with E-state index in [-0.39, 0.29) is 11.9 Å². The number of sulfonamides is 1. The van der Waals surface area contributed by atoms with E-state index in [0.717, 1.165) is 5.56 Å². The van der Waals surface area contributed by atoms with Gasteiger partial charge in [0.25, 0.3) is 5.91 Å². The van der Waals surface area contributed by atoms with E-state index in [2.05, 4.69) is 5.32 Å². The van der Waals surface area contributed by atoms with Gasteiger partial charge in [-0.1, -0.05) is 29.3 Å². The third-order valence-corrected chi connectivity index (χ3v) is 7.12. The van der Waals surface area contributed by atoms with E-state index in [1.807, 2.05) is 6.92 Å². The van der Waals surface area contributed by atoms with Crippen molar-refractivity contribution in [2.45, 2.75) is 43.7 Å². The average molecular weight is 437 g/mol. The Morgan fingerprint density at radius 3 is 2.28 bits per heavy atom. The Bertz CT molecular complexity index is 938. The molecule has 0 spiro atoms. The van der Waals surface area contributed by atoms with Crippen molar-refractivity contribution in [3.05, 3.63) is 59.1 Å². The summed E-state index contributed by atoms with van der Waals surface area (Å²) in [7, 11) is -3.51. The van der Waals surface area contributed by atoms with Gasteiger partial charge < -0.3 is 10.1 Å². The molecule has 6 nitrogen and oxygen atoms in total. The Labute approximate surface area is 176 Å². The van der Waals surface area contributed by atoms with Crippen LogP contribution < -0.4 is 10.1 Å². The largest absolute Gasteiger partial charge is 0.481 e. The van der Waals surface area contributed by atoms with Crippen LogP contribution in [0.4, 0.5) is 0 Å². The molecule has 1 saturated heterocycles. The van der Waals surface area contributed by atoms with E-state index in [9.17, 15) is 13.2 Å². The summed E-state index contributed by atoms with van der Waals surface area (Å²) in [5.74, 6) is 0.343. The third kappa shape index (κ3) is 5.50. The molecular weight excluding hydrogens is 412 g/mol. The lowest BCUT2D eigenvalue weighted by Gasteiger charge is -2.32. The maximum Gasteiger partial charge on any atom is 0.260 e. The smallest absolute Gasteiger partial charge is 0.260 e. The molecule has 0 saturated carbocycles. The first-order valence-corrected chi connectivity index (χ1v) is 11.4. The Morgan fingerprint density at radius 2 is 1.69 bits per heavy atom. The summed E-state index contributed by atoms with van der Waals surface area (Å²) in [5.41, 5.74) is 1.01. The summed E-state index contributed by atoms with van der Waals surface area (Å²) >= 11 is 5.85. The molecule has 1 aliphatic heterocycles. The number of benzene rings is 2. The molecule has 1 fully saturated rings. The van der Waals surface area contributed by atoms with E-state index < -0.39 is 16.1 Å².